The van der Waals surface area contributed by atoms with E-state index in [4.69, 9.17) is 0 Å². The van der Waals surface area contributed by atoms with E-state index in [-0.39, 0.29) is 30.0 Å². The highest BCUT2D eigenvalue weighted by Crippen LogP contribution is 2.32. The molecule has 3 unspecified atom stereocenters. The lowest BCUT2D eigenvalue weighted by Gasteiger charge is -2.35. The van der Waals surface area contributed by atoms with Gasteiger partial charge in [-0.25, -0.2) is 4.98 Å². The molecule has 0 spiro atoms. The van der Waals surface area contributed by atoms with Gasteiger partial charge in [-0.05, 0) is 50.4 Å². The fourth-order valence-electron chi connectivity index (χ4n) is 6.27. The molecule has 13 heteroatoms. The van der Waals surface area contributed by atoms with Crippen molar-refractivity contribution in [2.45, 2.75) is 102 Å². The highest BCUT2D eigenvalue weighted by molar-refractivity contribution is 6.38. The van der Waals surface area contributed by atoms with E-state index < -0.39 is 47.5 Å². The molecule has 0 aromatic carbocycles. The molecule has 3 aliphatic rings. The van der Waals surface area contributed by atoms with Crippen LogP contribution in [0.4, 0.5) is 0 Å². The van der Waals surface area contributed by atoms with Crippen molar-refractivity contribution in [3.8, 4) is 0 Å². The van der Waals surface area contributed by atoms with Crippen LogP contribution in [0.1, 0.15) is 94.5 Å². The minimum atomic E-state index is -0.950. The molecule has 2 aliphatic carbocycles. The van der Waals surface area contributed by atoms with Crippen molar-refractivity contribution in [3.05, 3.63) is 24.3 Å². The molecule has 1 aliphatic heterocycles. The second kappa shape index (κ2) is 16.2. The Hall–Kier alpha value is -3.90. The van der Waals surface area contributed by atoms with Crippen LogP contribution in [0.3, 0.4) is 0 Å². The predicted octanol–water partition coefficient (Wildman–Crippen LogP) is 1.03. The summed E-state index contributed by atoms with van der Waals surface area (Å²) in [5.41, 5.74) is 0.0723. The lowest BCUT2D eigenvalue weighted by atomic mass is 9.80. The van der Waals surface area contributed by atoms with Crippen molar-refractivity contribution >= 4 is 35.3 Å². The Morgan fingerprint density at radius 1 is 0.909 bits per heavy atom. The zero-order valence-corrected chi connectivity index (χ0v) is 25.5. The predicted molar refractivity (Wildman–Crippen MR) is 160 cm³/mol. The van der Waals surface area contributed by atoms with Gasteiger partial charge in [0.2, 0.25) is 23.5 Å². The summed E-state index contributed by atoms with van der Waals surface area (Å²) in [4.78, 5) is 87.8. The van der Waals surface area contributed by atoms with Crippen molar-refractivity contribution in [3.63, 3.8) is 0 Å². The van der Waals surface area contributed by atoms with Crippen LogP contribution in [-0.2, 0) is 24.0 Å². The fourth-order valence-corrected chi connectivity index (χ4v) is 6.27. The summed E-state index contributed by atoms with van der Waals surface area (Å²) in [6.45, 7) is 2.26. The molecule has 0 radical (unpaired) electrons. The molecule has 240 valence electrons. The molecule has 5 amide bonds. The van der Waals surface area contributed by atoms with Gasteiger partial charge in [-0.15, -0.1) is 0 Å². The molecule has 44 heavy (non-hydrogen) atoms. The van der Waals surface area contributed by atoms with E-state index in [1.54, 1.807) is 0 Å². The summed E-state index contributed by atoms with van der Waals surface area (Å²) >= 11 is 0. The monoisotopic (exact) mass is 611 g/mol. The third-order valence-corrected chi connectivity index (χ3v) is 8.93. The van der Waals surface area contributed by atoms with E-state index in [2.05, 4.69) is 31.2 Å². The maximum Gasteiger partial charge on any atom is 0.289 e. The Bertz CT molecular complexity index is 1190. The number of carbonyl (C=O) groups excluding carboxylic acids is 6. The minimum absolute atomic E-state index is 0.0723. The van der Waals surface area contributed by atoms with Crippen molar-refractivity contribution in [1.29, 1.82) is 0 Å². The third kappa shape index (κ3) is 8.82. The molecular weight excluding hydrogens is 566 g/mol. The zero-order valence-electron chi connectivity index (χ0n) is 25.5. The van der Waals surface area contributed by atoms with Crippen LogP contribution in [0, 0.1) is 11.8 Å². The van der Waals surface area contributed by atoms with Crippen molar-refractivity contribution in [2.24, 2.45) is 11.8 Å². The van der Waals surface area contributed by atoms with E-state index in [1.165, 1.54) is 23.5 Å². The fraction of sp³-hybridized carbons (Fsp3) is 0.677. The van der Waals surface area contributed by atoms with Gasteiger partial charge < -0.3 is 26.2 Å². The van der Waals surface area contributed by atoms with Gasteiger partial charge in [0.25, 0.3) is 11.8 Å². The van der Waals surface area contributed by atoms with Gasteiger partial charge >= 0.3 is 0 Å². The number of carbonyl (C=O) groups is 6. The third-order valence-electron chi connectivity index (χ3n) is 8.93. The lowest BCUT2D eigenvalue weighted by molar-refractivity contribution is -0.144. The number of ketones is 1. The van der Waals surface area contributed by atoms with Gasteiger partial charge in [0, 0.05) is 25.5 Å². The first kappa shape index (κ1) is 33.0. The molecule has 3 atom stereocenters. The van der Waals surface area contributed by atoms with Crippen molar-refractivity contribution in [1.82, 2.24) is 36.1 Å². The van der Waals surface area contributed by atoms with Crippen LogP contribution < -0.4 is 21.3 Å². The number of Topliss-reactive ketones (excluding diaryl/α,β-unsaturated/α-hetero) is 1. The Morgan fingerprint density at radius 2 is 1.68 bits per heavy atom. The van der Waals surface area contributed by atoms with Crippen molar-refractivity contribution in [2.75, 3.05) is 19.6 Å². The molecule has 13 nitrogen and oxygen atoms in total. The van der Waals surface area contributed by atoms with Crippen LogP contribution >= 0.6 is 0 Å². The Labute approximate surface area is 258 Å². The van der Waals surface area contributed by atoms with Gasteiger partial charge in [0.05, 0.1) is 18.8 Å². The molecule has 4 N–H and O–H groups in total. The van der Waals surface area contributed by atoms with Gasteiger partial charge in [0.15, 0.2) is 0 Å². The minimum Gasteiger partial charge on any atom is -0.349 e. The maximum absolute atomic E-state index is 14.0. The molecule has 3 fully saturated rings. The van der Waals surface area contributed by atoms with Gasteiger partial charge in [-0.2, -0.15) is 0 Å². The van der Waals surface area contributed by atoms with Gasteiger partial charge in [0.1, 0.15) is 17.8 Å². The molecule has 2 heterocycles. The number of hydrogen-bond donors (Lipinski definition) is 4. The molecule has 1 saturated heterocycles. The van der Waals surface area contributed by atoms with E-state index >= 15 is 0 Å². The van der Waals surface area contributed by atoms with Gasteiger partial charge in [-0.1, -0.05) is 45.4 Å². The molecule has 1 aromatic heterocycles. The first-order chi connectivity index (χ1) is 21.3. The largest absolute Gasteiger partial charge is 0.349 e. The number of aromatic nitrogens is 2. The first-order valence-corrected chi connectivity index (χ1v) is 16.0. The van der Waals surface area contributed by atoms with Crippen LogP contribution in [0.15, 0.2) is 18.6 Å². The number of hydrogen-bond acceptors (Lipinski definition) is 8. The van der Waals surface area contributed by atoms with Crippen LogP contribution in [0.25, 0.3) is 0 Å². The summed E-state index contributed by atoms with van der Waals surface area (Å²) in [5, 5.41) is 10.8. The van der Waals surface area contributed by atoms with Crippen LogP contribution in [0.2, 0.25) is 0 Å². The highest BCUT2D eigenvalue weighted by Gasteiger charge is 2.42. The summed E-state index contributed by atoms with van der Waals surface area (Å²) in [5.74, 6) is -3.07. The molecule has 4 rings (SSSR count). The van der Waals surface area contributed by atoms with Crippen LogP contribution in [0.5, 0.6) is 0 Å². The Kier molecular flexibility index (Phi) is 12.2. The molecule has 2 saturated carbocycles. The Morgan fingerprint density at radius 3 is 2.34 bits per heavy atom. The highest BCUT2D eigenvalue weighted by atomic mass is 16.2. The number of nitrogens with zero attached hydrogens (tertiary/aromatic N) is 3. The number of rotatable bonds is 14. The zero-order chi connectivity index (χ0) is 31.5. The summed E-state index contributed by atoms with van der Waals surface area (Å²) in [7, 11) is 0. The number of nitrogens with one attached hydrogen (secondary N) is 4. The lowest BCUT2D eigenvalue weighted by Crippen LogP contribution is -2.58. The molecule has 1 aromatic rings. The average molecular weight is 612 g/mol. The summed E-state index contributed by atoms with van der Waals surface area (Å²) in [6, 6.07) is -2.61. The van der Waals surface area contributed by atoms with Crippen molar-refractivity contribution < 1.29 is 28.8 Å². The number of amides is 5. The quantitative estimate of drug-likeness (QED) is 0.225. The molecule has 0 bridgehead atoms. The van der Waals surface area contributed by atoms with E-state index in [0.717, 1.165) is 51.4 Å². The van der Waals surface area contributed by atoms with Crippen LogP contribution in [-0.4, -0.2) is 87.9 Å². The Balaban J connectivity index is 1.42. The smallest absolute Gasteiger partial charge is 0.289 e. The normalized spacial score (nSPS) is 20.1. The standard InChI is InChI=1S/C31H45N7O6/c1-2-13-34-30(43)27(40)22(17-20-8-6-9-20)36-29(42)24-12-7-16-38(24)31(44)26(21-10-4-3-5-11-21)37-25(39)19-35-28(41)23-18-32-14-15-33-23/h14-15,18,20-22,24,26H,2-13,16-17,19H2,1H3,(H,34,43)(H,35,41)(H,36,42)(H,37,39). The second-order valence-corrected chi connectivity index (χ2v) is 12.1. The second-order valence-electron chi connectivity index (χ2n) is 12.1. The van der Waals surface area contributed by atoms with E-state index in [9.17, 15) is 28.8 Å². The SMILES string of the molecule is CCCNC(=O)C(=O)C(CC1CCC1)NC(=O)C1CCCN1C(=O)C(NC(=O)CNC(=O)c1cnccn1)C1CCCCC1. The number of likely N-dealkylation sites (tertiary alicyclic amines) is 1. The summed E-state index contributed by atoms with van der Waals surface area (Å²) in [6.07, 6.45) is 13.6. The van der Waals surface area contributed by atoms with Gasteiger partial charge in [-0.3, -0.25) is 33.8 Å². The average Bonchev–Trinajstić information content (AvgIpc) is 3.53. The maximum atomic E-state index is 14.0. The topological polar surface area (TPSA) is 180 Å². The first-order valence-electron chi connectivity index (χ1n) is 16.0. The molecular formula is C31H45N7O6. The van der Waals surface area contributed by atoms with E-state index in [0.29, 0.717) is 38.8 Å². The summed E-state index contributed by atoms with van der Waals surface area (Å²) < 4.78 is 0. The van der Waals surface area contributed by atoms with E-state index in [1.807, 2.05) is 6.92 Å².